The number of hydrogen-bond donors (Lipinski definition) is 1. The first-order valence-corrected chi connectivity index (χ1v) is 5.12. The third kappa shape index (κ3) is 3.90. The molecule has 0 atom stereocenters. The van der Waals surface area contributed by atoms with Gasteiger partial charge in [-0.1, -0.05) is 0 Å². The number of rotatable bonds is 5. The van der Waals surface area contributed by atoms with Crippen molar-refractivity contribution < 1.29 is 14.3 Å². The molecule has 0 radical (unpaired) electrons. The van der Waals surface area contributed by atoms with Crippen LogP contribution in [0.4, 0.5) is 0 Å². The fourth-order valence-electron chi connectivity index (χ4n) is 1.12. The Morgan fingerprint density at radius 2 is 1.94 bits per heavy atom. The number of hydrogen-bond acceptors (Lipinski definition) is 3. The Morgan fingerprint density at radius 3 is 2.44 bits per heavy atom. The van der Waals surface area contributed by atoms with Gasteiger partial charge in [-0.3, -0.25) is 9.59 Å². The molecule has 86 valence electrons. The maximum absolute atomic E-state index is 11.5. The first-order chi connectivity index (χ1) is 7.63. The standard InChI is InChI=1S/C11H12ClNO3/c1-16-9-4-2-8(3-5-9)11(15)13-7-6-10(12)14/h2-5H,6-7H2,1H3,(H,13,15). The number of methoxy groups -OCH3 is 1. The fourth-order valence-corrected chi connectivity index (χ4v) is 1.21. The van der Waals surface area contributed by atoms with Crippen LogP contribution in [-0.2, 0) is 4.79 Å². The van der Waals surface area contributed by atoms with E-state index in [2.05, 4.69) is 5.32 Å². The number of benzene rings is 1. The zero-order valence-electron chi connectivity index (χ0n) is 8.83. The van der Waals surface area contributed by atoms with Crippen LogP contribution in [-0.4, -0.2) is 24.8 Å². The Hall–Kier alpha value is -1.55. The minimum absolute atomic E-state index is 0.128. The van der Waals surface area contributed by atoms with E-state index in [1.165, 1.54) is 0 Å². The molecule has 1 N–H and O–H groups in total. The van der Waals surface area contributed by atoms with E-state index >= 15 is 0 Å². The van der Waals surface area contributed by atoms with E-state index in [0.29, 0.717) is 11.3 Å². The zero-order chi connectivity index (χ0) is 12.0. The monoisotopic (exact) mass is 241 g/mol. The number of nitrogens with one attached hydrogen (secondary N) is 1. The molecule has 0 unspecified atom stereocenters. The SMILES string of the molecule is COc1ccc(C(=O)NCCC(=O)Cl)cc1. The van der Waals surface area contributed by atoms with Gasteiger partial charge in [-0.15, -0.1) is 0 Å². The highest BCUT2D eigenvalue weighted by Gasteiger charge is 2.05. The summed E-state index contributed by atoms with van der Waals surface area (Å²) < 4.78 is 4.97. The molecule has 5 heteroatoms. The Bertz CT molecular complexity index is 375. The Balaban J connectivity index is 2.49. The van der Waals surface area contributed by atoms with Gasteiger partial charge in [0.25, 0.3) is 5.91 Å². The van der Waals surface area contributed by atoms with Crippen LogP contribution in [0.25, 0.3) is 0 Å². The van der Waals surface area contributed by atoms with Gasteiger partial charge in [-0.05, 0) is 35.9 Å². The normalized spacial score (nSPS) is 9.62. The molecule has 4 nitrogen and oxygen atoms in total. The Labute approximate surface area is 98.5 Å². The molecule has 0 saturated carbocycles. The van der Waals surface area contributed by atoms with Crippen LogP contribution >= 0.6 is 11.6 Å². The summed E-state index contributed by atoms with van der Waals surface area (Å²) in [7, 11) is 1.56. The largest absolute Gasteiger partial charge is 0.497 e. The molecular weight excluding hydrogens is 230 g/mol. The third-order valence-electron chi connectivity index (χ3n) is 1.96. The first kappa shape index (κ1) is 12.5. The number of amides is 1. The third-order valence-corrected chi connectivity index (χ3v) is 2.15. The summed E-state index contributed by atoms with van der Waals surface area (Å²) in [5.41, 5.74) is 0.517. The highest BCUT2D eigenvalue weighted by Crippen LogP contribution is 2.10. The van der Waals surface area contributed by atoms with Crippen LogP contribution in [0.2, 0.25) is 0 Å². The number of carbonyl (C=O) groups is 2. The van der Waals surface area contributed by atoms with E-state index in [9.17, 15) is 9.59 Å². The molecular formula is C11H12ClNO3. The highest BCUT2D eigenvalue weighted by atomic mass is 35.5. The molecule has 0 heterocycles. The van der Waals surface area contributed by atoms with Gasteiger partial charge >= 0.3 is 0 Å². The van der Waals surface area contributed by atoms with Crippen molar-refractivity contribution in [3.05, 3.63) is 29.8 Å². The van der Waals surface area contributed by atoms with Gasteiger partial charge < -0.3 is 10.1 Å². The maximum Gasteiger partial charge on any atom is 0.251 e. The van der Waals surface area contributed by atoms with Crippen LogP contribution < -0.4 is 10.1 Å². The van der Waals surface area contributed by atoms with E-state index in [0.717, 1.165) is 0 Å². The smallest absolute Gasteiger partial charge is 0.251 e. The number of ether oxygens (including phenoxy) is 1. The first-order valence-electron chi connectivity index (χ1n) is 4.74. The van der Waals surface area contributed by atoms with Gasteiger partial charge in [-0.25, -0.2) is 0 Å². The van der Waals surface area contributed by atoms with E-state index in [4.69, 9.17) is 16.3 Å². The molecule has 0 fully saturated rings. The average Bonchev–Trinajstić information content (AvgIpc) is 2.28. The van der Waals surface area contributed by atoms with Crippen molar-refractivity contribution in [3.8, 4) is 5.75 Å². The molecule has 0 aromatic heterocycles. The Morgan fingerprint density at radius 1 is 1.31 bits per heavy atom. The van der Waals surface area contributed by atoms with Crippen molar-refractivity contribution in [1.82, 2.24) is 5.32 Å². The summed E-state index contributed by atoms with van der Waals surface area (Å²) in [6.45, 7) is 0.243. The lowest BCUT2D eigenvalue weighted by molar-refractivity contribution is -0.111. The van der Waals surface area contributed by atoms with Crippen molar-refractivity contribution in [3.63, 3.8) is 0 Å². The summed E-state index contributed by atoms with van der Waals surface area (Å²) >= 11 is 5.14. The van der Waals surface area contributed by atoms with E-state index in [1.807, 2.05) is 0 Å². The van der Waals surface area contributed by atoms with Gasteiger partial charge in [0.05, 0.1) is 7.11 Å². The molecule has 0 aliphatic rings. The lowest BCUT2D eigenvalue weighted by Gasteiger charge is -2.04. The minimum atomic E-state index is -0.463. The van der Waals surface area contributed by atoms with Crippen LogP contribution in [0, 0.1) is 0 Å². The second kappa shape index (κ2) is 6.12. The number of halogens is 1. The lowest BCUT2D eigenvalue weighted by atomic mass is 10.2. The predicted molar refractivity (Wildman–Crippen MR) is 60.8 cm³/mol. The topological polar surface area (TPSA) is 55.4 Å². The summed E-state index contributed by atoms with van der Waals surface area (Å²) in [5, 5.41) is 2.12. The van der Waals surface area contributed by atoms with Gasteiger partial charge in [0.15, 0.2) is 0 Å². The zero-order valence-corrected chi connectivity index (χ0v) is 9.58. The van der Waals surface area contributed by atoms with Gasteiger partial charge in [0, 0.05) is 18.5 Å². The van der Waals surface area contributed by atoms with Crippen LogP contribution in [0.5, 0.6) is 5.75 Å². The predicted octanol–water partition coefficient (Wildman–Crippen LogP) is 1.58. The molecule has 1 rings (SSSR count). The van der Waals surface area contributed by atoms with Crippen LogP contribution in [0.1, 0.15) is 16.8 Å². The molecule has 0 bridgehead atoms. The van der Waals surface area contributed by atoms with Gasteiger partial charge in [0.2, 0.25) is 5.24 Å². The second-order valence-electron chi connectivity index (χ2n) is 3.09. The summed E-state index contributed by atoms with van der Waals surface area (Å²) in [6.07, 6.45) is 0.128. The van der Waals surface area contributed by atoms with Crippen LogP contribution in [0.15, 0.2) is 24.3 Å². The number of carbonyl (C=O) groups excluding carboxylic acids is 2. The highest BCUT2D eigenvalue weighted by molar-refractivity contribution is 6.63. The van der Waals surface area contributed by atoms with Crippen LogP contribution in [0.3, 0.4) is 0 Å². The fraction of sp³-hybridized carbons (Fsp3) is 0.273. The quantitative estimate of drug-likeness (QED) is 0.797. The van der Waals surface area contributed by atoms with Crippen molar-refractivity contribution in [2.75, 3.05) is 13.7 Å². The van der Waals surface area contributed by atoms with Crippen molar-refractivity contribution in [1.29, 1.82) is 0 Å². The lowest BCUT2D eigenvalue weighted by Crippen LogP contribution is -2.25. The molecule has 0 saturated heterocycles. The molecule has 0 spiro atoms. The molecule has 0 aliphatic heterocycles. The van der Waals surface area contributed by atoms with Crippen molar-refractivity contribution in [2.24, 2.45) is 0 Å². The van der Waals surface area contributed by atoms with Gasteiger partial charge in [0.1, 0.15) is 5.75 Å². The Kier molecular flexibility index (Phi) is 4.79. The molecule has 1 aromatic carbocycles. The van der Waals surface area contributed by atoms with Gasteiger partial charge in [-0.2, -0.15) is 0 Å². The van der Waals surface area contributed by atoms with Crippen molar-refractivity contribution >= 4 is 22.8 Å². The molecule has 1 amide bonds. The summed E-state index contributed by atoms with van der Waals surface area (Å²) in [5.74, 6) is 0.452. The summed E-state index contributed by atoms with van der Waals surface area (Å²) in [4.78, 5) is 22.0. The van der Waals surface area contributed by atoms with E-state index in [1.54, 1.807) is 31.4 Å². The molecule has 1 aromatic rings. The van der Waals surface area contributed by atoms with Crippen molar-refractivity contribution in [2.45, 2.75) is 6.42 Å². The molecule has 16 heavy (non-hydrogen) atoms. The average molecular weight is 242 g/mol. The summed E-state index contributed by atoms with van der Waals surface area (Å²) in [6, 6.07) is 6.69. The van der Waals surface area contributed by atoms with E-state index < -0.39 is 5.24 Å². The minimum Gasteiger partial charge on any atom is -0.497 e. The molecule has 0 aliphatic carbocycles. The maximum atomic E-state index is 11.5. The van der Waals surface area contributed by atoms with E-state index in [-0.39, 0.29) is 18.9 Å². The second-order valence-corrected chi connectivity index (χ2v) is 3.51.